The number of hydrogen-bond acceptors (Lipinski definition) is 1. The molecule has 0 saturated heterocycles. The molecule has 1 aromatic rings. The standard InChI is InChI=1S/C6H4ClF5N2O/c1-14-3(2(7)4(15)13-14)5(8,9)6(10,11)12/h1H3,(H,13,15). The lowest BCUT2D eigenvalue weighted by Crippen LogP contribution is -2.35. The average molecular weight is 251 g/mol. The molecular weight excluding hydrogens is 247 g/mol. The molecule has 0 fully saturated rings. The molecule has 15 heavy (non-hydrogen) atoms. The number of rotatable bonds is 1. The summed E-state index contributed by atoms with van der Waals surface area (Å²) in [4.78, 5) is 10.7. The van der Waals surface area contributed by atoms with Crippen LogP contribution in [0.1, 0.15) is 5.69 Å². The molecule has 0 aromatic carbocycles. The maximum absolute atomic E-state index is 12.8. The molecule has 3 nitrogen and oxygen atoms in total. The smallest absolute Gasteiger partial charge is 0.284 e. The van der Waals surface area contributed by atoms with E-state index in [-0.39, 0.29) is 4.68 Å². The molecular formula is C6H4ClF5N2O. The Labute approximate surface area is 84.4 Å². The van der Waals surface area contributed by atoms with Gasteiger partial charge in [-0.05, 0) is 0 Å². The van der Waals surface area contributed by atoms with Crippen LogP contribution in [0.4, 0.5) is 22.0 Å². The minimum atomic E-state index is -5.80. The molecule has 1 N–H and O–H groups in total. The topological polar surface area (TPSA) is 37.8 Å². The van der Waals surface area contributed by atoms with Crippen LogP contribution in [-0.4, -0.2) is 16.0 Å². The highest BCUT2D eigenvalue weighted by Gasteiger charge is 2.61. The molecule has 9 heteroatoms. The van der Waals surface area contributed by atoms with Crippen LogP contribution >= 0.6 is 11.6 Å². The number of alkyl halides is 5. The molecule has 1 rings (SSSR count). The van der Waals surface area contributed by atoms with Crippen molar-refractivity contribution >= 4 is 11.6 Å². The average Bonchev–Trinajstić information content (AvgIpc) is 2.24. The highest BCUT2D eigenvalue weighted by molar-refractivity contribution is 6.31. The van der Waals surface area contributed by atoms with Crippen molar-refractivity contribution in [1.29, 1.82) is 0 Å². The Morgan fingerprint density at radius 3 is 2.00 bits per heavy atom. The molecule has 0 radical (unpaired) electrons. The first kappa shape index (κ1) is 12.0. The Bertz CT molecular complexity index is 432. The van der Waals surface area contributed by atoms with Gasteiger partial charge in [0, 0.05) is 7.05 Å². The van der Waals surface area contributed by atoms with Gasteiger partial charge in [0.05, 0.1) is 0 Å². The van der Waals surface area contributed by atoms with E-state index >= 15 is 0 Å². The fourth-order valence-electron chi connectivity index (χ4n) is 0.995. The Balaban J connectivity index is 3.46. The van der Waals surface area contributed by atoms with Crippen molar-refractivity contribution in [2.24, 2.45) is 7.05 Å². The molecule has 0 aliphatic heterocycles. The zero-order valence-electron chi connectivity index (χ0n) is 7.12. The second-order valence-corrected chi connectivity index (χ2v) is 3.11. The van der Waals surface area contributed by atoms with Crippen LogP contribution in [-0.2, 0) is 13.0 Å². The molecule has 1 aromatic heterocycles. The molecule has 86 valence electrons. The summed E-state index contributed by atoms with van der Waals surface area (Å²) < 4.78 is 61.7. The highest BCUT2D eigenvalue weighted by Crippen LogP contribution is 2.45. The van der Waals surface area contributed by atoms with Crippen molar-refractivity contribution in [2.45, 2.75) is 12.1 Å². The largest absolute Gasteiger partial charge is 0.459 e. The molecule has 0 spiro atoms. The second-order valence-electron chi connectivity index (χ2n) is 2.73. The molecule has 0 saturated carbocycles. The minimum absolute atomic E-state index is 0.248. The lowest BCUT2D eigenvalue weighted by Gasteiger charge is -2.19. The number of nitrogens with one attached hydrogen (secondary N) is 1. The van der Waals surface area contributed by atoms with Crippen LogP contribution in [0, 0.1) is 0 Å². The van der Waals surface area contributed by atoms with E-state index in [0.717, 1.165) is 7.05 Å². The predicted octanol–water partition coefficient (Wildman–Crippen LogP) is 2.02. The van der Waals surface area contributed by atoms with Crippen LogP contribution in [0.25, 0.3) is 0 Å². The van der Waals surface area contributed by atoms with Gasteiger partial charge in [0.25, 0.3) is 5.56 Å². The minimum Gasteiger partial charge on any atom is -0.284 e. The van der Waals surface area contributed by atoms with Gasteiger partial charge in [-0.1, -0.05) is 11.6 Å². The van der Waals surface area contributed by atoms with E-state index in [1.807, 2.05) is 0 Å². The molecule has 1 heterocycles. The third-order valence-corrected chi connectivity index (χ3v) is 2.02. The number of aromatic nitrogens is 2. The summed E-state index contributed by atoms with van der Waals surface area (Å²) in [6.45, 7) is 0. The van der Waals surface area contributed by atoms with E-state index < -0.39 is 28.4 Å². The number of aromatic amines is 1. The number of nitrogens with zero attached hydrogens (tertiary/aromatic N) is 1. The fourth-order valence-corrected chi connectivity index (χ4v) is 1.28. The summed E-state index contributed by atoms with van der Waals surface area (Å²) >= 11 is 5.06. The van der Waals surface area contributed by atoms with E-state index in [2.05, 4.69) is 0 Å². The maximum Gasteiger partial charge on any atom is 0.459 e. The van der Waals surface area contributed by atoms with E-state index in [4.69, 9.17) is 11.6 Å². The van der Waals surface area contributed by atoms with E-state index in [1.165, 1.54) is 0 Å². The summed E-state index contributed by atoms with van der Waals surface area (Å²) in [6.07, 6.45) is -5.80. The quantitative estimate of drug-likeness (QED) is 0.761. The first-order valence-corrected chi connectivity index (χ1v) is 3.86. The number of aryl methyl sites for hydroxylation is 1. The van der Waals surface area contributed by atoms with Gasteiger partial charge in [-0.15, -0.1) is 0 Å². The maximum atomic E-state index is 12.8. The first-order chi connectivity index (χ1) is 6.59. The Kier molecular flexibility index (Phi) is 2.58. The van der Waals surface area contributed by atoms with E-state index in [9.17, 15) is 26.7 Å². The number of H-pyrrole nitrogens is 1. The van der Waals surface area contributed by atoms with Gasteiger partial charge < -0.3 is 0 Å². The molecule has 0 amide bonds. The summed E-state index contributed by atoms with van der Waals surface area (Å²) in [5.74, 6) is -5.17. The Morgan fingerprint density at radius 2 is 1.73 bits per heavy atom. The molecule has 0 aliphatic rings. The second kappa shape index (κ2) is 3.22. The van der Waals surface area contributed by atoms with E-state index in [0.29, 0.717) is 0 Å². The van der Waals surface area contributed by atoms with Gasteiger partial charge in [-0.2, -0.15) is 22.0 Å². The number of hydrogen-bond donors (Lipinski definition) is 1. The van der Waals surface area contributed by atoms with Gasteiger partial charge in [0.2, 0.25) is 0 Å². The van der Waals surface area contributed by atoms with Crippen molar-refractivity contribution in [2.75, 3.05) is 0 Å². The summed E-state index contributed by atoms with van der Waals surface area (Å²) in [5.41, 5.74) is -2.79. The third kappa shape index (κ3) is 1.73. The lowest BCUT2D eigenvalue weighted by molar-refractivity contribution is -0.291. The lowest BCUT2D eigenvalue weighted by atomic mass is 10.2. The molecule has 0 atom stereocenters. The number of halogens is 6. The highest BCUT2D eigenvalue weighted by atomic mass is 35.5. The molecule has 0 unspecified atom stereocenters. The van der Waals surface area contributed by atoms with Gasteiger partial charge in [-0.3, -0.25) is 14.6 Å². The van der Waals surface area contributed by atoms with Crippen LogP contribution in [0.15, 0.2) is 4.79 Å². The predicted molar refractivity (Wildman–Crippen MR) is 41.0 cm³/mol. The van der Waals surface area contributed by atoms with E-state index in [1.54, 1.807) is 5.10 Å². The molecule has 0 bridgehead atoms. The fraction of sp³-hybridized carbons (Fsp3) is 0.500. The van der Waals surface area contributed by atoms with Gasteiger partial charge in [-0.25, -0.2) is 0 Å². The molecule has 0 aliphatic carbocycles. The van der Waals surface area contributed by atoms with Crippen LogP contribution in [0.3, 0.4) is 0 Å². The third-order valence-electron chi connectivity index (χ3n) is 1.67. The van der Waals surface area contributed by atoms with Gasteiger partial charge >= 0.3 is 12.1 Å². The van der Waals surface area contributed by atoms with Gasteiger partial charge in [0.1, 0.15) is 10.7 Å². The van der Waals surface area contributed by atoms with Crippen molar-refractivity contribution < 1.29 is 22.0 Å². The Morgan fingerprint density at radius 1 is 1.27 bits per heavy atom. The summed E-state index contributed by atoms with van der Waals surface area (Å²) in [5, 5.41) is 0.536. The summed E-state index contributed by atoms with van der Waals surface area (Å²) in [6, 6.07) is 0. The normalized spacial score (nSPS) is 13.3. The van der Waals surface area contributed by atoms with Crippen LogP contribution < -0.4 is 5.56 Å². The zero-order valence-corrected chi connectivity index (χ0v) is 7.88. The SMILES string of the molecule is Cn1[nH]c(=O)c(Cl)c1C(F)(F)C(F)(F)F. The van der Waals surface area contributed by atoms with Crippen molar-refractivity contribution in [1.82, 2.24) is 9.78 Å². The van der Waals surface area contributed by atoms with Crippen LogP contribution in [0.2, 0.25) is 5.02 Å². The zero-order chi connectivity index (χ0) is 12.0. The summed E-state index contributed by atoms with van der Waals surface area (Å²) in [7, 11) is 0.836. The monoisotopic (exact) mass is 250 g/mol. The Hall–Kier alpha value is -1.05. The first-order valence-electron chi connectivity index (χ1n) is 3.48. The van der Waals surface area contributed by atoms with Crippen molar-refractivity contribution in [3.8, 4) is 0 Å². The van der Waals surface area contributed by atoms with Crippen molar-refractivity contribution in [3.63, 3.8) is 0 Å². The van der Waals surface area contributed by atoms with Crippen molar-refractivity contribution in [3.05, 3.63) is 21.1 Å². The van der Waals surface area contributed by atoms with Gasteiger partial charge in [0.15, 0.2) is 0 Å². The van der Waals surface area contributed by atoms with Crippen LogP contribution in [0.5, 0.6) is 0 Å².